The lowest BCUT2D eigenvalue weighted by Gasteiger charge is -2.19. The van der Waals surface area contributed by atoms with Crippen LogP contribution in [0.25, 0.3) is 16.6 Å². The fourth-order valence-electron chi connectivity index (χ4n) is 3.17. The molecule has 1 aliphatic rings. The minimum absolute atomic E-state index is 0.179. The number of aliphatic carboxylic acids is 1. The predicted molar refractivity (Wildman–Crippen MR) is 97.7 cm³/mol. The number of carboxylic acids is 1. The molecule has 1 aromatic carbocycles. The number of carbonyl (C=O) groups excluding carboxylic acids is 1. The van der Waals surface area contributed by atoms with E-state index < -0.39 is 11.9 Å². The van der Waals surface area contributed by atoms with Gasteiger partial charge in [-0.15, -0.1) is 5.10 Å². The van der Waals surface area contributed by atoms with E-state index in [0.717, 1.165) is 29.4 Å². The van der Waals surface area contributed by atoms with Gasteiger partial charge in [0.2, 0.25) is 0 Å². The number of carbonyl (C=O) groups is 2. The Morgan fingerprint density at radius 2 is 2.07 bits per heavy atom. The summed E-state index contributed by atoms with van der Waals surface area (Å²) in [4.78, 5) is 29.8. The molecule has 0 radical (unpaired) electrons. The molecule has 1 amide bonds. The molecule has 27 heavy (non-hydrogen) atoms. The van der Waals surface area contributed by atoms with Gasteiger partial charge in [-0.25, -0.2) is 4.68 Å². The Balaban J connectivity index is 1.70. The van der Waals surface area contributed by atoms with Crippen molar-refractivity contribution in [2.75, 3.05) is 13.1 Å². The molecule has 4 rings (SSSR count). The van der Waals surface area contributed by atoms with Gasteiger partial charge in [-0.3, -0.25) is 14.6 Å². The monoisotopic (exact) mass is 365 g/mol. The number of pyridine rings is 1. The number of nitrogens with zero attached hydrogens (tertiary/aromatic N) is 5. The Morgan fingerprint density at radius 3 is 2.81 bits per heavy atom. The number of carboxylic acid groups (broad SMARTS) is 1. The Morgan fingerprint density at radius 1 is 1.26 bits per heavy atom. The maximum Gasteiger partial charge on any atom is 0.323 e. The summed E-state index contributed by atoms with van der Waals surface area (Å²) in [7, 11) is 0. The molecule has 8 nitrogen and oxygen atoms in total. The Hall–Kier alpha value is -3.29. The van der Waals surface area contributed by atoms with Gasteiger partial charge in [0.25, 0.3) is 5.91 Å². The fraction of sp³-hybridized carbons (Fsp3) is 0.316. The first kappa shape index (κ1) is 17.1. The molecule has 1 saturated carbocycles. The maximum atomic E-state index is 12.9. The van der Waals surface area contributed by atoms with Gasteiger partial charge >= 0.3 is 5.97 Å². The van der Waals surface area contributed by atoms with Crippen LogP contribution in [0, 0.1) is 12.8 Å². The van der Waals surface area contributed by atoms with Crippen molar-refractivity contribution in [3.63, 3.8) is 0 Å². The zero-order valence-corrected chi connectivity index (χ0v) is 14.9. The van der Waals surface area contributed by atoms with E-state index in [1.54, 1.807) is 17.8 Å². The molecule has 1 aliphatic carbocycles. The minimum atomic E-state index is -1.03. The number of amides is 1. The highest BCUT2D eigenvalue weighted by Gasteiger charge is 2.31. The molecule has 0 aliphatic heterocycles. The quantitative estimate of drug-likeness (QED) is 0.717. The molecule has 2 heterocycles. The molecule has 3 aromatic rings. The third kappa shape index (κ3) is 3.38. The Labute approximate surface area is 155 Å². The van der Waals surface area contributed by atoms with Crippen molar-refractivity contribution in [3.8, 4) is 5.69 Å². The van der Waals surface area contributed by atoms with E-state index >= 15 is 0 Å². The number of hydrogen-bond acceptors (Lipinski definition) is 5. The van der Waals surface area contributed by atoms with Gasteiger partial charge in [0.15, 0.2) is 5.69 Å². The zero-order chi connectivity index (χ0) is 19.0. The Bertz CT molecular complexity index is 1020. The van der Waals surface area contributed by atoms with E-state index in [1.165, 1.54) is 4.90 Å². The van der Waals surface area contributed by atoms with Crippen LogP contribution in [0.5, 0.6) is 0 Å². The van der Waals surface area contributed by atoms with Gasteiger partial charge in [0.1, 0.15) is 6.54 Å². The largest absolute Gasteiger partial charge is 0.480 e. The Kier molecular flexibility index (Phi) is 4.31. The van der Waals surface area contributed by atoms with Gasteiger partial charge in [-0.2, -0.15) is 0 Å². The van der Waals surface area contributed by atoms with E-state index in [9.17, 15) is 9.59 Å². The number of aromatic nitrogens is 4. The molecule has 1 fully saturated rings. The van der Waals surface area contributed by atoms with Crippen LogP contribution in [0.4, 0.5) is 0 Å². The average molecular weight is 365 g/mol. The molecule has 138 valence electrons. The molecule has 0 atom stereocenters. The van der Waals surface area contributed by atoms with Crippen LogP contribution < -0.4 is 0 Å². The standard InChI is InChI=1S/C19H19N5O3/c1-12-18(19(27)23(11-17(25)26)10-13-7-8-13)21-22-24(12)16-6-2-5-15-14(16)4-3-9-20-15/h2-6,9,13H,7-8,10-11H2,1H3,(H,25,26). The summed E-state index contributed by atoms with van der Waals surface area (Å²) >= 11 is 0. The van der Waals surface area contributed by atoms with Gasteiger partial charge in [-0.1, -0.05) is 11.3 Å². The van der Waals surface area contributed by atoms with Crippen LogP contribution in [-0.2, 0) is 4.79 Å². The van der Waals surface area contributed by atoms with Crippen molar-refractivity contribution >= 4 is 22.8 Å². The highest BCUT2D eigenvalue weighted by molar-refractivity contribution is 5.95. The molecular weight excluding hydrogens is 346 g/mol. The lowest BCUT2D eigenvalue weighted by Crippen LogP contribution is -2.37. The summed E-state index contributed by atoms with van der Waals surface area (Å²) in [5, 5.41) is 18.3. The summed E-state index contributed by atoms with van der Waals surface area (Å²) < 4.78 is 1.60. The van der Waals surface area contributed by atoms with Crippen LogP contribution in [-0.4, -0.2) is 55.0 Å². The van der Waals surface area contributed by atoms with Crippen LogP contribution >= 0.6 is 0 Å². The predicted octanol–water partition coefficient (Wildman–Crippen LogP) is 2.06. The van der Waals surface area contributed by atoms with Crippen molar-refractivity contribution < 1.29 is 14.7 Å². The van der Waals surface area contributed by atoms with Crippen molar-refractivity contribution in [1.29, 1.82) is 0 Å². The first-order valence-electron chi connectivity index (χ1n) is 8.82. The van der Waals surface area contributed by atoms with E-state index in [-0.39, 0.29) is 12.2 Å². The van der Waals surface area contributed by atoms with Gasteiger partial charge in [-0.05, 0) is 49.9 Å². The second kappa shape index (κ2) is 6.79. The highest BCUT2D eigenvalue weighted by Crippen LogP contribution is 2.30. The van der Waals surface area contributed by atoms with Crippen molar-refractivity contribution in [3.05, 3.63) is 47.9 Å². The number of rotatable bonds is 6. The summed E-state index contributed by atoms with van der Waals surface area (Å²) in [6.07, 6.45) is 3.77. The van der Waals surface area contributed by atoms with Gasteiger partial charge in [0.05, 0.1) is 16.9 Å². The zero-order valence-electron chi connectivity index (χ0n) is 14.9. The molecule has 0 saturated heterocycles. The molecule has 2 aromatic heterocycles. The van der Waals surface area contributed by atoms with Crippen molar-refractivity contribution in [2.45, 2.75) is 19.8 Å². The molecular formula is C19H19N5O3. The van der Waals surface area contributed by atoms with Gasteiger partial charge < -0.3 is 10.0 Å². The average Bonchev–Trinajstić information content (AvgIpc) is 3.40. The summed E-state index contributed by atoms with van der Waals surface area (Å²) in [6.45, 7) is 1.87. The van der Waals surface area contributed by atoms with Crippen LogP contribution in [0.15, 0.2) is 36.5 Å². The SMILES string of the molecule is Cc1c(C(=O)N(CC(=O)O)CC2CC2)nnn1-c1cccc2ncccc12. The van der Waals surface area contributed by atoms with Crippen LogP contribution in [0.2, 0.25) is 0 Å². The summed E-state index contributed by atoms with van der Waals surface area (Å²) in [5.74, 6) is -1.05. The van der Waals surface area contributed by atoms with E-state index in [1.807, 2.05) is 30.3 Å². The molecule has 8 heteroatoms. The number of benzene rings is 1. The molecule has 0 spiro atoms. The first-order valence-corrected chi connectivity index (χ1v) is 8.82. The van der Waals surface area contributed by atoms with Crippen LogP contribution in [0.1, 0.15) is 29.0 Å². The second-order valence-electron chi connectivity index (χ2n) is 6.81. The first-order chi connectivity index (χ1) is 13.0. The van der Waals surface area contributed by atoms with Crippen molar-refractivity contribution in [1.82, 2.24) is 24.9 Å². The normalized spacial score (nSPS) is 13.7. The lowest BCUT2D eigenvalue weighted by atomic mass is 10.1. The highest BCUT2D eigenvalue weighted by atomic mass is 16.4. The van der Waals surface area contributed by atoms with Gasteiger partial charge in [0, 0.05) is 18.1 Å². The second-order valence-corrected chi connectivity index (χ2v) is 6.81. The van der Waals surface area contributed by atoms with E-state index in [2.05, 4.69) is 15.3 Å². The minimum Gasteiger partial charge on any atom is -0.480 e. The van der Waals surface area contributed by atoms with E-state index in [0.29, 0.717) is 18.2 Å². The molecule has 0 bridgehead atoms. The van der Waals surface area contributed by atoms with Crippen molar-refractivity contribution in [2.24, 2.45) is 5.92 Å². The molecule has 0 unspecified atom stereocenters. The lowest BCUT2D eigenvalue weighted by molar-refractivity contribution is -0.137. The van der Waals surface area contributed by atoms with E-state index in [4.69, 9.17) is 5.11 Å². The maximum absolute atomic E-state index is 12.9. The smallest absolute Gasteiger partial charge is 0.323 e. The topological polar surface area (TPSA) is 101 Å². The fourth-order valence-corrected chi connectivity index (χ4v) is 3.17. The number of fused-ring (bicyclic) bond motifs is 1. The summed E-state index contributed by atoms with van der Waals surface area (Å²) in [6, 6.07) is 9.44. The third-order valence-electron chi connectivity index (χ3n) is 4.74. The number of hydrogen-bond donors (Lipinski definition) is 1. The molecule has 1 N–H and O–H groups in total. The third-order valence-corrected chi connectivity index (χ3v) is 4.74. The summed E-state index contributed by atoms with van der Waals surface area (Å²) in [5.41, 5.74) is 2.34. The van der Waals surface area contributed by atoms with Crippen LogP contribution in [0.3, 0.4) is 0 Å².